The molecule has 0 radical (unpaired) electrons. The second-order valence-corrected chi connectivity index (χ2v) is 16.9. The Morgan fingerprint density at radius 2 is 1.07 bits per heavy atom. The Bertz CT molecular complexity index is 1990. The molecule has 8 atom stereocenters. The van der Waals surface area contributed by atoms with Gasteiger partial charge in [0.25, 0.3) is 0 Å². The number of ether oxygens (including phenoxy) is 2. The summed E-state index contributed by atoms with van der Waals surface area (Å²) in [5.41, 5.74) is 5.30. The van der Waals surface area contributed by atoms with Gasteiger partial charge in [0.2, 0.25) is 11.8 Å². The molecule has 2 saturated carbocycles. The van der Waals surface area contributed by atoms with E-state index in [1.807, 2.05) is 86.3 Å². The number of hydrogen-bond donors (Lipinski definition) is 4. The van der Waals surface area contributed by atoms with Crippen molar-refractivity contribution in [3.8, 4) is 33.8 Å². The summed E-state index contributed by atoms with van der Waals surface area (Å²) in [6.07, 6.45) is 10.0. The Hall–Kier alpha value is -5.73. The van der Waals surface area contributed by atoms with Gasteiger partial charge >= 0.3 is 12.2 Å². The molecule has 3 aromatic heterocycles. The van der Waals surface area contributed by atoms with Crippen molar-refractivity contribution in [3.63, 3.8) is 0 Å². The van der Waals surface area contributed by atoms with Crippen LogP contribution < -0.4 is 10.6 Å². The molecule has 4 fully saturated rings. The van der Waals surface area contributed by atoms with Crippen molar-refractivity contribution in [3.05, 3.63) is 66.6 Å². The van der Waals surface area contributed by atoms with E-state index in [2.05, 4.69) is 20.6 Å². The Labute approximate surface area is 338 Å². The third-order valence-electron chi connectivity index (χ3n) is 12.8. The summed E-state index contributed by atoms with van der Waals surface area (Å²) >= 11 is 0. The highest BCUT2D eigenvalue weighted by Crippen LogP contribution is 2.51. The van der Waals surface area contributed by atoms with Crippen LogP contribution in [0.1, 0.15) is 90.0 Å². The molecule has 5 heterocycles. The summed E-state index contributed by atoms with van der Waals surface area (Å²) in [4.78, 5) is 77.3. The van der Waals surface area contributed by atoms with Gasteiger partial charge in [-0.3, -0.25) is 14.6 Å². The van der Waals surface area contributed by atoms with E-state index in [0.717, 1.165) is 83.9 Å². The first-order valence-corrected chi connectivity index (χ1v) is 20.5. The number of piperidine rings is 2. The van der Waals surface area contributed by atoms with Gasteiger partial charge in [0.1, 0.15) is 23.7 Å². The van der Waals surface area contributed by atoms with E-state index in [9.17, 15) is 19.2 Å². The molecular weight excluding hydrogens is 739 g/mol. The van der Waals surface area contributed by atoms with Crippen molar-refractivity contribution in [2.24, 2.45) is 23.7 Å². The molecule has 4 bridgehead atoms. The van der Waals surface area contributed by atoms with E-state index in [0.29, 0.717) is 11.8 Å². The number of carbonyl (C=O) groups excluding carboxylic acids is 4. The highest BCUT2D eigenvalue weighted by atomic mass is 16.5. The molecule has 4 N–H and O–H groups in total. The summed E-state index contributed by atoms with van der Waals surface area (Å²) in [5, 5.41) is 5.50. The maximum atomic E-state index is 13.9. The minimum absolute atomic E-state index is 0.100. The molecule has 2 aliphatic carbocycles. The fourth-order valence-electron chi connectivity index (χ4n) is 9.85. The van der Waals surface area contributed by atoms with Gasteiger partial charge in [0.15, 0.2) is 0 Å². The van der Waals surface area contributed by atoms with Crippen LogP contribution in [0.15, 0.2) is 55.0 Å². The van der Waals surface area contributed by atoms with Gasteiger partial charge in [-0.1, -0.05) is 52.0 Å². The lowest BCUT2D eigenvalue weighted by atomic mass is 9.95. The Balaban J connectivity index is 0.951. The van der Waals surface area contributed by atoms with E-state index < -0.39 is 24.3 Å². The number of benzene rings is 1. The first-order chi connectivity index (χ1) is 27.9. The minimum Gasteiger partial charge on any atom is -0.453 e. The fourth-order valence-corrected chi connectivity index (χ4v) is 9.85. The van der Waals surface area contributed by atoms with Gasteiger partial charge in [0.05, 0.1) is 55.8 Å². The van der Waals surface area contributed by atoms with E-state index in [1.165, 1.54) is 14.2 Å². The van der Waals surface area contributed by atoms with Crippen LogP contribution >= 0.6 is 0 Å². The number of aromatic amines is 2. The minimum atomic E-state index is -0.691. The average molecular weight is 792 g/mol. The van der Waals surface area contributed by atoms with Crippen molar-refractivity contribution in [2.45, 2.75) is 102 Å². The summed E-state index contributed by atoms with van der Waals surface area (Å²) in [5.74, 6) is 1.68. The number of nitrogens with zero attached hydrogens (tertiary/aromatic N) is 5. The van der Waals surface area contributed by atoms with Gasteiger partial charge in [-0.2, -0.15) is 0 Å². The summed E-state index contributed by atoms with van der Waals surface area (Å²) in [6.45, 7) is 7.69. The lowest BCUT2D eigenvalue weighted by Gasteiger charge is -2.37. The fraction of sp³-hybridized carbons (Fsp3) is 0.512. The molecule has 15 heteroatoms. The number of hydrogen-bond acceptors (Lipinski definition) is 9. The number of nitrogens with one attached hydrogen (secondary N) is 4. The van der Waals surface area contributed by atoms with Crippen molar-refractivity contribution in [1.29, 1.82) is 0 Å². The lowest BCUT2D eigenvalue weighted by Crippen LogP contribution is -2.54. The van der Waals surface area contributed by atoms with Crippen LogP contribution in [0, 0.1) is 23.7 Å². The monoisotopic (exact) mass is 791 g/mol. The van der Waals surface area contributed by atoms with Crippen LogP contribution in [0.25, 0.3) is 33.8 Å². The van der Waals surface area contributed by atoms with Gasteiger partial charge in [-0.05, 0) is 79.9 Å². The lowest BCUT2D eigenvalue weighted by molar-refractivity contribution is -0.140. The molecule has 0 spiro atoms. The number of carbonyl (C=O) groups is 4. The highest BCUT2D eigenvalue weighted by molar-refractivity contribution is 5.88. The van der Waals surface area contributed by atoms with E-state index in [1.54, 1.807) is 6.20 Å². The van der Waals surface area contributed by atoms with Crippen LogP contribution in [0.2, 0.25) is 0 Å². The molecule has 306 valence electrons. The van der Waals surface area contributed by atoms with Crippen molar-refractivity contribution < 1.29 is 28.7 Å². The second kappa shape index (κ2) is 15.9. The maximum absolute atomic E-state index is 13.9. The second-order valence-electron chi connectivity index (χ2n) is 16.9. The smallest absolute Gasteiger partial charge is 0.407 e. The van der Waals surface area contributed by atoms with E-state index in [-0.39, 0.29) is 47.8 Å². The summed E-state index contributed by atoms with van der Waals surface area (Å²) in [6, 6.07) is 10.6. The number of imidazole rings is 2. The number of methoxy groups -OCH3 is 2. The van der Waals surface area contributed by atoms with Gasteiger partial charge < -0.3 is 39.9 Å². The summed E-state index contributed by atoms with van der Waals surface area (Å²) < 4.78 is 9.63. The number of rotatable bonds is 11. The third kappa shape index (κ3) is 7.19. The zero-order chi connectivity index (χ0) is 40.8. The number of likely N-dealkylation sites (tertiary alicyclic amines) is 2. The van der Waals surface area contributed by atoms with Crippen LogP contribution in [-0.2, 0) is 19.1 Å². The number of fused-ring (bicyclic) bond motifs is 4. The van der Waals surface area contributed by atoms with Crippen LogP contribution in [0.3, 0.4) is 0 Å². The molecule has 1 aromatic carbocycles. The average Bonchev–Trinajstić information content (AvgIpc) is 4.10. The molecule has 8 rings (SSSR count). The number of pyridine rings is 1. The Morgan fingerprint density at radius 3 is 1.50 bits per heavy atom. The zero-order valence-corrected chi connectivity index (χ0v) is 33.9. The first kappa shape index (κ1) is 39.1. The molecule has 4 amide bonds. The molecule has 58 heavy (non-hydrogen) atoms. The number of aromatic nitrogens is 5. The number of alkyl carbamates (subject to hydrolysis) is 2. The molecule has 15 nitrogen and oxygen atoms in total. The predicted molar refractivity (Wildman–Crippen MR) is 215 cm³/mol. The van der Waals surface area contributed by atoms with E-state index >= 15 is 0 Å². The van der Waals surface area contributed by atoms with Crippen molar-refractivity contribution in [1.82, 2.24) is 45.4 Å². The van der Waals surface area contributed by atoms with E-state index in [4.69, 9.17) is 24.4 Å². The normalized spacial score (nSPS) is 24.3. The predicted octanol–water partition coefficient (Wildman–Crippen LogP) is 6.39. The molecule has 2 aliphatic heterocycles. The van der Waals surface area contributed by atoms with Crippen LogP contribution in [0.4, 0.5) is 9.59 Å². The zero-order valence-electron chi connectivity index (χ0n) is 33.9. The molecule has 4 aliphatic rings. The molecule has 2 saturated heterocycles. The van der Waals surface area contributed by atoms with Crippen molar-refractivity contribution in [2.75, 3.05) is 14.2 Å². The van der Waals surface area contributed by atoms with Gasteiger partial charge in [-0.15, -0.1) is 0 Å². The van der Waals surface area contributed by atoms with Gasteiger partial charge in [0, 0.05) is 29.4 Å². The topological polar surface area (TPSA) is 188 Å². The number of amides is 4. The van der Waals surface area contributed by atoms with Gasteiger partial charge in [-0.25, -0.2) is 19.6 Å². The standard InChI is InChI=1S/C43H53N9O6/c1-22(2)34(49-42(55)57-5)40(53)51-29-14-11-26(17-29)36(51)38-45-20-32(47-38)25-9-7-24(8-10-25)31-16-13-28(19-44-31)33-21-46-39(48-33)37-27-12-15-30(18-27)52(37)41(54)35(23(3)4)50-43(56)58-6/h7-10,13,16,19-23,26-27,29-30,34-37H,11-12,14-15,17-18H2,1-6H3,(H,45,47)(H,46,48)(H,49,55)(H,50,56)/t26-,27-,29-,30-,34+,35+,36+,37+/m1/s1. The van der Waals surface area contributed by atoms with Crippen molar-refractivity contribution >= 4 is 24.0 Å². The summed E-state index contributed by atoms with van der Waals surface area (Å²) in [7, 11) is 2.60. The molecular formula is C43H53N9O6. The largest absolute Gasteiger partial charge is 0.453 e. The number of H-pyrrole nitrogens is 2. The molecule has 4 aromatic rings. The Morgan fingerprint density at radius 1 is 0.621 bits per heavy atom. The Kier molecular flexibility index (Phi) is 10.7. The van der Waals surface area contributed by atoms with Crippen LogP contribution in [-0.4, -0.2) is 97.1 Å². The van der Waals surface area contributed by atoms with Crippen LogP contribution in [0.5, 0.6) is 0 Å². The third-order valence-corrected chi connectivity index (χ3v) is 12.8. The first-order valence-electron chi connectivity index (χ1n) is 20.5. The highest BCUT2D eigenvalue weighted by Gasteiger charge is 2.53. The SMILES string of the molecule is COC(=O)N[C@H](C(=O)N1[C@@H]2CC[C@H](C2)[C@H]1c1ncc(-c2ccc(-c3ccc(-c4cnc([C@@H]5[C@@H]6CC[C@H](C6)N5C(=O)[C@@H](NC(=O)OC)C(C)C)[nH]4)cn3)cc2)[nH]1)C(C)C. The molecule has 0 unspecified atom stereocenters. The maximum Gasteiger partial charge on any atom is 0.407 e. The quantitative estimate of drug-likeness (QED) is 0.133.